The van der Waals surface area contributed by atoms with Gasteiger partial charge in [-0.05, 0) is 44.6 Å². The lowest BCUT2D eigenvalue weighted by Crippen LogP contribution is -2.10. The van der Waals surface area contributed by atoms with Crippen LogP contribution >= 0.6 is 11.6 Å². The van der Waals surface area contributed by atoms with Gasteiger partial charge in [-0.15, -0.1) is 11.6 Å². The Balaban J connectivity index is 2.10. The SMILES string of the molecule is Cc1cc(C)cc(CC2CCCC2Cl)c1. The third-order valence-electron chi connectivity index (χ3n) is 3.35. The molecule has 0 heterocycles. The van der Waals surface area contributed by atoms with E-state index >= 15 is 0 Å². The van der Waals surface area contributed by atoms with Crippen LogP contribution in [0.1, 0.15) is 36.0 Å². The van der Waals surface area contributed by atoms with E-state index in [0.717, 1.165) is 6.42 Å². The summed E-state index contributed by atoms with van der Waals surface area (Å²) in [6.07, 6.45) is 4.98. The Morgan fingerprint density at radius 3 is 2.33 bits per heavy atom. The van der Waals surface area contributed by atoms with Gasteiger partial charge in [0.1, 0.15) is 0 Å². The predicted octanol–water partition coefficient (Wildman–Crippen LogP) is 4.25. The molecule has 1 fully saturated rings. The van der Waals surface area contributed by atoms with Crippen LogP contribution in [0.4, 0.5) is 0 Å². The van der Waals surface area contributed by atoms with E-state index in [1.54, 1.807) is 0 Å². The molecule has 0 amide bonds. The molecule has 15 heavy (non-hydrogen) atoms. The highest BCUT2D eigenvalue weighted by atomic mass is 35.5. The van der Waals surface area contributed by atoms with Gasteiger partial charge in [-0.1, -0.05) is 35.7 Å². The number of hydrogen-bond acceptors (Lipinski definition) is 0. The molecule has 0 radical (unpaired) electrons. The van der Waals surface area contributed by atoms with E-state index in [1.165, 1.54) is 36.0 Å². The van der Waals surface area contributed by atoms with Crippen LogP contribution in [0.2, 0.25) is 0 Å². The van der Waals surface area contributed by atoms with Gasteiger partial charge in [0.15, 0.2) is 0 Å². The lowest BCUT2D eigenvalue weighted by Gasteiger charge is -2.14. The third-order valence-corrected chi connectivity index (χ3v) is 3.92. The maximum atomic E-state index is 6.31. The van der Waals surface area contributed by atoms with Crippen molar-refractivity contribution >= 4 is 11.6 Å². The molecular formula is C14H19Cl. The summed E-state index contributed by atoms with van der Waals surface area (Å²) < 4.78 is 0. The Morgan fingerprint density at radius 1 is 1.13 bits per heavy atom. The van der Waals surface area contributed by atoms with Gasteiger partial charge in [-0.25, -0.2) is 0 Å². The van der Waals surface area contributed by atoms with Gasteiger partial charge < -0.3 is 0 Å². The molecule has 1 aromatic carbocycles. The molecule has 1 heteroatoms. The number of alkyl halides is 1. The largest absolute Gasteiger partial charge is 0.123 e. The molecule has 2 rings (SSSR count). The molecule has 2 unspecified atom stereocenters. The first-order valence-electron chi connectivity index (χ1n) is 5.86. The Morgan fingerprint density at radius 2 is 1.80 bits per heavy atom. The van der Waals surface area contributed by atoms with Crippen molar-refractivity contribution in [1.29, 1.82) is 0 Å². The van der Waals surface area contributed by atoms with Crippen LogP contribution in [-0.4, -0.2) is 5.38 Å². The Hall–Kier alpha value is -0.490. The van der Waals surface area contributed by atoms with Crippen molar-refractivity contribution in [2.24, 2.45) is 5.92 Å². The molecule has 0 saturated heterocycles. The fourth-order valence-electron chi connectivity index (χ4n) is 2.71. The highest BCUT2D eigenvalue weighted by Gasteiger charge is 2.25. The maximum Gasteiger partial charge on any atom is 0.0367 e. The van der Waals surface area contributed by atoms with Crippen molar-refractivity contribution in [1.82, 2.24) is 0 Å². The molecule has 1 aliphatic carbocycles. The molecule has 0 bridgehead atoms. The Bertz CT molecular complexity index is 323. The average molecular weight is 223 g/mol. The third kappa shape index (κ3) is 2.75. The molecular weight excluding hydrogens is 204 g/mol. The van der Waals surface area contributed by atoms with E-state index in [1.807, 2.05) is 0 Å². The molecule has 0 aliphatic heterocycles. The summed E-state index contributed by atoms with van der Waals surface area (Å²) in [4.78, 5) is 0. The standard InChI is InChI=1S/C14H19Cl/c1-10-6-11(2)8-12(7-10)9-13-4-3-5-14(13)15/h6-8,13-14H,3-5,9H2,1-2H3. The zero-order valence-electron chi connectivity index (χ0n) is 9.59. The van der Waals surface area contributed by atoms with Crippen LogP contribution < -0.4 is 0 Å². The Labute approximate surface area is 97.6 Å². The summed E-state index contributed by atoms with van der Waals surface area (Å²) in [5.74, 6) is 0.702. The minimum absolute atomic E-state index is 0.408. The molecule has 1 saturated carbocycles. The van der Waals surface area contributed by atoms with Crippen molar-refractivity contribution in [2.75, 3.05) is 0 Å². The van der Waals surface area contributed by atoms with Crippen molar-refractivity contribution in [3.63, 3.8) is 0 Å². The van der Waals surface area contributed by atoms with Gasteiger partial charge >= 0.3 is 0 Å². The van der Waals surface area contributed by atoms with Gasteiger partial charge in [0.25, 0.3) is 0 Å². The van der Waals surface area contributed by atoms with Crippen molar-refractivity contribution in [3.05, 3.63) is 34.9 Å². The average Bonchev–Trinajstić information content (AvgIpc) is 2.50. The lowest BCUT2D eigenvalue weighted by atomic mass is 9.95. The number of hydrogen-bond donors (Lipinski definition) is 0. The van der Waals surface area contributed by atoms with Crippen LogP contribution in [-0.2, 0) is 6.42 Å². The molecule has 82 valence electrons. The van der Waals surface area contributed by atoms with E-state index in [2.05, 4.69) is 32.0 Å². The molecule has 1 aromatic rings. The van der Waals surface area contributed by atoms with Crippen LogP contribution in [0.3, 0.4) is 0 Å². The minimum Gasteiger partial charge on any atom is -0.123 e. The quantitative estimate of drug-likeness (QED) is 0.657. The monoisotopic (exact) mass is 222 g/mol. The first-order valence-corrected chi connectivity index (χ1v) is 6.30. The number of aryl methyl sites for hydroxylation is 2. The van der Waals surface area contributed by atoms with Crippen molar-refractivity contribution in [2.45, 2.75) is 44.9 Å². The zero-order chi connectivity index (χ0) is 10.8. The summed E-state index contributed by atoms with van der Waals surface area (Å²) >= 11 is 6.31. The summed E-state index contributed by atoms with van der Waals surface area (Å²) in [6, 6.07) is 6.83. The second-order valence-electron chi connectivity index (χ2n) is 4.91. The van der Waals surface area contributed by atoms with Gasteiger partial charge in [-0.3, -0.25) is 0 Å². The first kappa shape index (κ1) is 11.0. The summed E-state index contributed by atoms with van der Waals surface area (Å²) in [5.41, 5.74) is 4.20. The molecule has 0 nitrogen and oxygen atoms in total. The smallest absolute Gasteiger partial charge is 0.0367 e. The fraction of sp³-hybridized carbons (Fsp3) is 0.571. The normalized spacial score (nSPS) is 25.8. The molecule has 0 N–H and O–H groups in total. The second-order valence-corrected chi connectivity index (χ2v) is 5.47. The second kappa shape index (κ2) is 4.57. The molecule has 0 aromatic heterocycles. The van der Waals surface area contributed by atoms with Gasteiger partial charge in [-0.2, -0.15) is 0 Å². The topological polar surface area (TPSA) is 0 Å². The van der Waals surface area contributed by atoms with Crippen LogP contribution in [0.25, 0.3) is 0 Å². The van der Waals surface area contributed by atoms with Crippen molar-refractivity contribution in [3.8, 4) is 0 Å². The summed E-state index contributed by atoms with van der Waals surface area (Å²) in [5, 5.41) is 0.408. The Kier molecular flexibility index (Phi) is 3.35. The van der Waals surface area contributed by atoms with Gasteiger partial charge in [0.2, 0.25) is 0 Å². The van der Waals surface area contributed by atoms with Gasteiger partial charge in [0.05, 0.1) is 0 Å². The zero-order valence-corrected chi connectivity index (χ0v) is 10.3. The highest BCUT2D eigenvalue weighted by molar-refractivity contribution is 6.20. The predicted molar refractivity (Wildman–Crippen MR) is 66.6 cm³/mol. The molecule has 0 spiro atoms. The van der Waals surface area contributed by atoms with E-state index in [4.69, 9.17) is 11.6 Å². The summed E-state index contributed by atoms with van der Waals surface area (Å²) in [6.45, 7) is 4.34. The molecule has 2 atom stereocenters. The van der Waals surface area contributed by atoms with Crippen LogP contribution in [0.15, 0.2) is 18.2 Å². The first-order chi connectivity index (χ1) is 7.15. The minimum atomic E-state index is 0.408. The molecule has 1 aliphatic rings. The van der Waals surface area contributed by atoms with E-state index in [9.17, 15) is 0 Å². The van der Waals surface area contributed by atoms with E-state index in [-0.39, 0.29) is 0 Å². The lowest BCUT2D eigenvalue weighted by molar-refractivity contribution is 0.552. The van der Waals surface area contributed by atoms with E-state index in [0.29, 0.717) is 11.3 Å². The maximum absolute atomic E-state index is 6.31. The van der Waals surface area contributed by atoms with Gasteiger partial charge in [0, 0.05) is 5.38 Å². The highest BCUT2D eigenvalue weighted by Crippen LogP contribution is 2.32. The number of rotatable bonds is 2. The van der Waals surface area contributed by atoms with E-state index < -0.39 is 0 Å². The fourth-order valence-corrected chi connectivity index (χ4v) is 3.08. The van der Waals surface area contributed by atoms with Crippen molar-refractivity contribution < 1.29 is 0 Å². The summed E-state index contributed by atoms with van der Waals surface area (Å²) in [7, 11) is 0. The van der Waals surface area contributed by atoms with Crippen LogP contribution in [0.5, 0.6) is 0 Å². The number of halogens is 1. The number of benzene rings is 1. The van der Waals surface area contributed by atoms with Crippen LogP contribution in [0, 0.1) is 19.8 Å².